The maximum Gasteiger partial charge on any atom is 0.232 e. The van der Waals surface area contributed by atoms with E-state index in [0.717, 1.165) is 18.7 Å². The van der Waals surface area contributed by atoms with E-state index < -0.39 is 0 Å². The Labute approximate surface area is 125 Å². The number of rotatable bonds is 1. The summed E-state index contributed by atoms with van der Waals surface area (Å²) in [5, 5.41) is 0. The quantitative estimate of drug-likeness (QED) is 0.794. The number of nitrogens with zero attached hydrogens (tertiary/aromatic N) is 2. The standard InChI is InChI=1S/C17H22N2O2/c1-17(2,3)19-11-13(10-15(19)20)16(21)18-9-8-12-6-4-5-7-14(12)18/h4-7,13H,8-11H2,1-3H3/t13-/m1/s1. The summed E-state index contributed by atoms with van der Waals surface area (Å²) in [7, 11) is 0. The van der Waals surface area contributed by atoms with Crippen LogP contribution in [0.25, 0.3) is 0 Å². The molecule has 0 unspecified atom stereocenters. The van der Waals surface area contributed by atoms with E-state index in [0.29, 0.717) is 13.0 Å². The molecule has 0 saturated carbocycles. The van der Waals surface area contributed by atoms with Crippen molar-refractivity contribution in [2.24, 2.45) is 5.92 Å². The van der Waals surface area contributed by atoms with Gasteiger partial charge in [0.25, 0.3) is 0 Å². The largest absolute Gasteiger partial charge is 0.337 e. The molecule has 0 aromatic heterocycles. The Morgan fingerprint density at radius 1 is 1.24 bits per heavy atom. The molecular weight excluding hydrogens is 264 g/mol. The molecule has 21 heavy (non-hydrogen) atoms. The van der Waals surface area contributed by atoms with E-state index in [1.807, 2.05) is 48.8 Å². The molecule has 3 rings (SSSR count). The number of likely N-dealkylation sites (tertiary alicyclic amines) is 1. The summed E-state index contributed by atoms with van der Waals surface area (Å²) < 4.78 is 0. The topological polar surface area (TPSA) is 40.6 Å². The Morgan fingerprint density at radius 2 is 1.95 bits per heavy atom. The van der Waals surface area contributed by atoms with Gasteiger partial charge in [-0.15, -0.1) is 0 Å². The average Bonchev–Trinajstić information content (AvgIpc) is 3.01. The smallest absolute Gasteiger partial charge is 0.232 e. The molecule has 2 aliphatic rings. The maximum atomic E-state index is 12.8. The molecule has 1 saturated heterocycles. The first-order chi connectivity index (χ1) is 9.88. The Bertz CT molecular complexity index is 589. The molecule has 2 aliphatic heterocycles. The molecule has 0 spiro atoms. The van der Waals surface area contributed by atoms with Gasteiger partial charge in [0, 0.05) is 30.7 Å². The van der Waals surface area contributed by atoms with Gasteiger partial charge in [0.1, 0.15) is 0 Å². The van der Waals surface area contributed by atoms with Gasteiger partial charge in [0.2, 0.25) is 11.8 Å². The molecule has 1 atom stereocenters. The fourth-order valence-corrected chi connectivity index (χ4v) is 3.31. The highest BCUT2D eigenvalue weighted by Gasteiger charge is 2.41. The van der Waals surface area contributed by atoms with Crippen LogP contribution in [-0.4, -0.2) is 35.3 Å². The second kappa shape index (κ2) is 4.86. The Morgan fingerprint density at radius 3 is 2.62 bits per heavy atom. The molecule has 112 valence electrons. The minimum Gasteiger partial charge on any atom is -0.337 e. The second-order valence-corrected chi connectivity index (χ2v) is 6.94. The highest BCUT2D eigenvalue weighted by Crippen LogP contribution is 2.32. The third kappa shape index (κ3) is 2.43. The summed E-state index contributed by atoms with van der Waals surface area (Å²) in [6, 6.07) is 8.04. The van der Waals surface area contributed by atoms with Crippen molar-refractivity contribution in [3.8, 4) is 0 Å². The summed E-state index contributed by atoms with van der Waals surface area (Å²) in [6.45, 7) is 7.33. The van der Waals surface area contributed by atoms with Crippen LogP contribution in [0.5, 0.6) is 0 Å². The number of carbonyl (C=O) groups excluding carboxylic acids is 2. The van der Waals surface area contributed by atoms with Crippen LogP contribution in [0.4, 0.5) is 5.69 Å². The number of anilines is 1. The van der Waals surface area contributed by atoms with E-state index in [1.54, 1.807) is 0 Å². The number of carbonyl (C=O) groups is 2. The van der Waals surface area contributed by atoms with Gasteiger partial charge in [0.05, 0.1) is 5.92 Å². The van der Waals surface area contributed by atoms with Crippen LogP contribution in [0.1, 0.15) is 32.8 Å². The van der Waals surface area contributed by atoms with Gasteiger partial charge < -0.3 is 9.80 Å². The van der Waals surface area contributed by atoms with E-state index in [1.165, 1.54) is 5.56 Å². The van der Waals surface area contributed by atoms with E-state index in [2.05, 4.69) is 6.07 Å². The van der Waals surface area contributed by atoms with Gasteiger partial charge in [-0.25, -0.2) is 0 Å². The van der Waals surface area contributed by atoms with Gasteiger partial charge in [0.15, 0.2) is 0 Å². The van der Waals surface area contributed by atoms with Crippen LogP contribution in [-0.2, 0) is 16.0 Å². The third-order valence-corrected chi connectivity index (χ3v) is 4.44. The molecule has 4 nitrogen and oxygen atoms in total. The van der Waals surface area contributed by atoms with Gasteiger partial charge in [-0.1, -0.05) is 18.2 Å². The molecule has 2 amide bonds. The molecular formula is C17H22N2O2. The van der Waals surface area contributed by atoms with Crippen molar-refractivity contribution in [2.75, 3.05) is 18.0 Å². The average molecular weight is 286 g/mol. The van der Waals surface area contributed by atoms with Crippen LogP contribution >= 0.6 is 0 Å². The third-order valence-electron chi connectivity index (χ3n) is 4.44. The fraction of sp³-hybridized carbons (Fsp3) is 0.529. The lowest BCUT2D eigenvalue weighted by Gasteiger charge is -2.32. The summed E-state index contributed by atoms with van der Waals surface area (Å²) >= 11 is 0. The van der Waals surface area contributed by atoms with Gasteiger partial charge in [-0.2, -0.15) is 0 Å². The summed E-state index contributed by atoms with van der Waals surface area (Å²) in [4.78, 5) is 28.6. The van der Waals surface area contributed by atoms with Gasteiger partial charge >= 0.3 is 0 Å². The lowest BCUT2D eigenvalue weighted by molar-refractivity contribution is -0.131. The van der Waals surface area contributed by atoms with Crippen LogP contribution in [0.3, 0.4) is 0 Å². The van der Waals surface area contributed by atoms with Gasteiger partial charge in [-0.3, -0.25) is 9.59 Å². The number of benzene rings is 1. The predicted octanol–water partition coefficient (Wildman–Crippen LogP) is 2.22. The zero-order chi connectivity index (χ0) is 15.2. The molecule has 0 bridgehead atoms. The minimum atomic E-state index is -0.213. The van der Waals surface area contributed by atoms with Crippen molar-refractivity contribution in [3.05, 3.63) is 29.8 Å². The van der Waals surface area contributed by atoms with Crippen LogP contribution in [0.2, 0.25) is 0 Å². The fourth-order valence-electron chi connectivity index (χ4n) is 3.31. The van der Waals surface area contributed by atoms with Crippen molar-refractivity contribution in [1.82, 2.24) is 4.90 Å². The number of para-hydroxylation sites is 1. The Hall–Kier alpha value is -1.84. The maximum absolute atomic E-state index is 12.8. The first-order valence-electron chi connectivity index (χ1n) is 7.57. The number of hydrogen-bond acceptors (Lipinski definition) is 2. The first kappa shape index (κ1) is 14.1. The highest BCUT2D eigenvalue weighted by molar-refractivity contribution is 6.00. The van der Waals surface area contributed by atoms with Crippen molar-refractivity contribution >= 4 is 17.5 Å². The second-order valence-electron chi connectivity index (χ2n) is 6.94. The van der Waals surface area contributed by atoms with Crippen LogP contribution in [0, 0.1) is 5.92 Å². The summed E-state index contributed by atoms with van der Waals surface area (Å²) in [5.41, 5.74) is 2.03. The number of fused-ring (bicyclic) bond motifs is 1. The summed E-state index contributed by atoms with van der Waals surface area (Å²) in [6.07, 6.45) is 1.25. The van der Waals surface area contributed by atoms with Crippen molar-refractivity contribution in [1.29, 1.82) is 0 Å². The number of hydrogen-bond donors (Lipinski definition) is 0. The van der Waals surface area contributed by atoms with Crippen LogP contribution < -0.4 is 4.90 Å². The normalized spacial score (nSPS) is 21.9. The zero-order valence-corrected chi connectivity index (χ0v) is 12.9. The molecule has 0 radical (unpaired) electrons. The molecule has 2 heterocycles. The van der Waals surface area contributed by atoms with E-state index in [4.69, 9.17) is 0 Å². The molecule has 1 aromatic rings. The zero-order valence-electron chi connectivity index (χ0n) is 12.9. The Kier molecular flexibility index (Phi) is 3.27. The van der Waals surface area contributed by atoms with Crippen LogP contribution in [0.15, 0.2) is 24.3 Å². The van der Waals surface area contributed by atoms with Gasteiger partial charge in [-0.05, 0) is 38.8 Å². The van der Waals surface area contributed by atoms with E-state index in [9.17, 15) is 9.59 Å². The van der Waals surface area contributed by atoms with Crippen molar-refractivity contribution in [3.63, 3.8) is 0 Å². The van der Waals surface area contributed by atoms with E-state index in [-0.39, 0.29) is 23.3 Å². The minimum absolute atomic E-state index is 0.0910. The highest BCUT2D eigenvalue weighted by atomic mass is 16.2. The monoisotopic (exact) mass is 286 g/mol. The summed E-state index contributed by atoms with van der Waals surface area (Å²) in [5.74, 6) is -0.0173. The Balaban J connectivity index is 1.78. The predicted molar refractivity (Wildman–Crippen MR) is 82.1 cm³/mol. The molecule has 1 fully saturated rings. The van der Waals surface area contributed by atoms with Crippen molar-refractivity contribution < 1.29 is 9.59 Å². The molecule has 0 N–H and O–H groups in total. The SMILES string of the molecule is CC(C)(C)N1C[C@H](C(=O)N2CCc3ccccc32)CC1=O. The lowest BCUT2D eigenvalue weighted by atomic mass is 10.1. The number of amides is 2. The molecule has 4 heteroatoms. The first-order valence-corrected chi connectivity index (χ1v) is 7.57. The molecule has 1 aromatic carbocycles. The molecule has 0 aliphatic carbocycles. The van der Waals surface area contributed by atoms with E-state index >= 15 is 0 Å². The van der Waals surface area contributed by atoms with Crippen molar-refractivity contribution in [2.45, 2.75) is 39.2 Å². The lowest BCUT2D eigenvalue weighted by Crippen LogP contribution is -2.43.